The maximum atomic E-state index is 3.71. The van der Waals surface area contributed by atoms with Gasteiger partial charge in [0.15, 0.2) is 0 Å². The summed E-state index contributed by atoms with van der Waals surface area (Å²) in [7, 11) is 0. The fourth-order valence-corrected chi connectivity index (χ4v) is 3.59. The van der Waals surface area contributed by atoms with Gasteiger partial charge in [0.25, 0.3) is 0 Å². The minimum atomic E-state index is 0.728. The summed E-state index contributed by atoms with van der Waals surface area (Å²) in [6.45, 7) is 1.17. The molecule has 1 aromatic rings. The maximum absolute atomic E-state index is 3.71. The van der Waals surface area contributed by atoms with Crippen LogP contribution in [0.2, 0.25) is 0 Å². The molecule has 2 heteroatoms. The number of halogens is 1. The fourth-order valence-electron chi connectivity index (χ4n) is 2.86. The third-order valence-corrected chi connectivity index (χ3v) is 4.76. The van der Waals surface area contributed by atoms with Gasteiger partial charge in [-0.1, -0.05) is 34.5 Å². The Balaban J connectivity index is 1.70. The Kier molecular flexibility index (Phi) is 3.03. The van der Waals surface area contributed by atoms with Gasteiger partial charge in [0.2, 0.25) is 0 Å². The zero-order valence-electron chi connectivity index (χ0n) is 9.51. The SMILES string of the molecule is Brc1cccc2c1C(CNC1CCC1)CC2. The average molecular weight is 280 g/mol. The van der Waals surface area contributed by atoms with E-state index >= 15 is 0 Å². The topological polar surface area (TPSA) is 12.0 Å². The molecule has 1 nitrogen and oxygen atoms in total. The van der Waals surface area contributed by atoms with Gasteiger partial charge in [-0.05, 0) is 48.8 Å². The molecule has 16 heavy (non-hydrogen) atoms. The van der Waals surface area contributed by atoms with E-state index in [1.54, 1.807) is 11.1 Å². The van der Waals surface area contributed by atoms with Gasteiger partial charge in [0, 0.05) is 17.1 Å². The summed E-state index contributed by atoms with van der Waals surface area (Å²) in [6, 6.07) is 7.43. The van der Waals surface area contributed by atoms with Crippen molar-refractivity contribution in [1.82, 2.24) is 5.32 Å². The Morgan fingerprint density at radius 2 is 2.12 bits per heavy atom. The van der Waals surface area contributed by atoms with E-state index in [9.17, 15) is 0 Å². The molecule has 1 fully saturated rings. The van der Waals surface area contributed by atoms with Crippen LogP contribution in [-0.4, -0.2) is 12.6 Å². The molecule has 0 heterocycles. The highest BCUT2D eigenvalue weighted by atomic mass is 79.9. The molecule has 0 aromatic heterocycles. The Bertz CT molecular complexity index is 384. The zero-order valence-corrected chi connectivity index (χ0v) is 11.1. The molecule has 1 atom stereocenters. The number of fused-ring (bicyclic) bond motifs is 1. The van der Waals surface area contributed by atoms with Crippen molar-refractivity contribution in [2.75, 3.05) is 6.54 Å². The lowest BCUT2D eigenvalue weighted by molar-refractivity contribution is 0.331. The summed E-state index contributed by atoms with van der Waals surface area (Å²) >= 11 is 3.70. The van der Waals surface area contributed by atoms with E-state index in [2.05, 4.69) is 39.4 Å². The highest BCUT2D eigenvalue weighted by molar-refractivity contribution is 9.10. The molecule has 2 aliphatic rings. The van der Waals surface area contributed by atoms with E-state index < -0.39 is 0 Å². The lowest BCUT2D eigenvalue weighted by atomic mass is 9.92. The number of hydrogen-bond acceptors (Lipinski definition) is 1. The summed E-state index contributed by atoms with van der Waals surface area (Å²) in [5.41, 5.74) is 3.11. The van der Waals surface area contributed by atoms with Gasteiger partial charge in [-0.3, -0.25) is 0 Å². The van der Waals surface area contributed by atoms with Crippen LogP contribution in [0.5, 0.6) is 0 Å². The number of rotatable bonds is 3. The molecule has 0 aliphatic heterocycles. The molecule has 0 spiro atoms. The van der Waals surface area contributed by atoms with E-state index in [1.165, 1.54) is 43.1 Å². The zero-order chi connectivity index (χ0) is 11.0. The molecule has 1 N–H and O–H groups in total. The van der Waals surface area contributed by atoms with Crippen LogP contribution in [0, 0.1) is 0 Å². The summed E-state index contributed by atoms with van der Waals surface area (Å²) in [6.07, 6.45) is 6.76. The summed E-state index contributed by atoms with van der Waals surface area (Å²) in [4.78, 5) is 0. The lowest BCUT2D eigenvalue weighted by Gasteiger charge is -2.28. The molecule has 1 unspecified atom stereocenters. The van der Waals surface area contributed by atoms with E-state index in [-0.39, 0.29) is 0 Å². The monoisotopic (exact) mass is 279 g/mol. The first-order valence-electron chi connectivity index (χ1n) is 6.35. The normalized spacial score (nSPS) is 24.2. The Labute approximate surface area is 106 Å². The molecule has 0 radical (unpaired) electrons. The van der Waals surface area contributed by atoms with Gasteiger partial charge >= 0.3 is 0 Å². The second kappa shape index (κ2) is 4.50. The first-order chi connectivity index (χ1) is 7.84. The van der Waals surface area contributed by atoms with Crippen molar-refractivity contribution >= 4 is 15.9 Å². The molecule has 86 valence electrons. The quantitative estimate of drug-likeness (QED) is 0.891. The molecule has 3 rings (SSSR count). The van der Waals surface area contributed by atoms with E-state index in [1.807, 2.05) is 0 Å². The van der Waals surface area contributed by atoms with Gasteiger partial charge in [-0.2, -0.15) is 0 Å². The van der Waals surface area contributed by atoms with Crippen LogP contribution in [0.25, 0.3) is 0 Å². The van der Waals surface area contributed by atoms with Crippen molar-refractivity contribution in [3.63, 3.8) is 0 Å². The Morgan fingerprint density at radius 1 is 1.25 bits per heavy atom. The molecule has 1 saturated carbocycles. The highest BCUT2D eigenvalue weighted by Gasteiger charge is 2.26. The predicted molar refractivity (Wildman–Crippen MR) is 70.8 cm³/mol. The first-order valence-corrected chi connectivity index (χ1v) is 7.14. The number of nitrogens with one attached hydrogen (secondary N) is 1. The van der Waals surface area contributed by atoms with Crippen LogP contribution in [0.3, 0.4) is 0 Å². The van der Waals surface area contributed by atoms with Gasteiger partial charge in [0.1, 0.15) is 0 Å². The van der Waals surface area contributed by atoms with Crippen molar-refractivity contribution in [2.24, 2.45) is 0 Å². The molecule has 0 bridgehead atoms. The van der Waals surface area contributed by atoms with Crippen molar-refractivity contribution in [1.29, 1.82) is 0 Å². The third-order valence-electron chi connectivity index (χ3n) is 4.07. The number of hydrogen-bond donors (Lipinski definition) is 1. The predicted octanol–water partition coefficient (Wildman–Crippen LogP) is 3.62. The van der Waals surface area contributed by atoms with Crippen LogP contribution in [-0.2, 0) is 6.42 Å². The summed E-state index contributed by atoms with van der Waals surface area (Å²) in [5, 5.41) is 3.71. The molecule has 1 aromatic carbocycles. The minimum absolute atomic E-state index is 0.728. The van der Waals surface area contributed by atoms with Gasteiger partial charge < -0.3 is 5.32 Å². The van der Waals surface area contributed by atoms with Crippen LogP contribution in [0.15, 0.2) is 22.7 Å². The first kappa shape index (κ1) is 10.8. The Hall–Kier alpha value is -0.340. The minimum Gasteiger partial charge on any atom is -0.313 e. The van der Waals surface area contributed by atoms with Gasteiger partial charge in [-0.25, -0.2) is 0 Å². The van der Waals surface area contributed by atoms with Crippen molar-refractivity contribution < 1.29 is 0 Å². The number of benzene rings is 1. The molecular formula is C14H18BrN. The van der Waals surface area contributed by atoms with Gasteiger partial charge in [0.05, 0.1) is 0 Å². The van der Waals surface area contributed by atoms with Crippen molar-refractivity contribution in [3.8, 4) is 0 Å². The molecule has 0 saturated heterocycles. The van der Waals surface area contributed by atoms with Crippen molar-refractivity contribution in [3.05, 3.63) is 33.8 Å². The van der Waals surface area contributed by atoms with Crippen LogP contribution in [0.4, 0.5) is 0 Å². The van der Waals surface area contributed by atoms with Crippen molar-refractivity contribution in [2.45, 2.75) is 44.1 Å². The maximum Gasteiger partial charge on any atom is 0.0213 e. The number of aryl methyl sites for hydroxylation is 1. The van der Waals surface area contributed by atoms with Crippen LogP contribution >= 0.6 is 15.9 Å². The second-order valence-corrected chi connectivity index (χ2v) is 5.94. The van der Waals surface area contributed by atoms with E-state index in [4.69, 9.17) is 0 Å². The second-order valence-electron chi connectivity index (χ2n) is 5.08. The fraction of sp³-hybridized carbons (Fsp3) is 0.571. The highest BCUT2D eigenvalue weighted by Crippen LogP contribution is 2.37. The molecular weight excluding hydrogens is 262 g/mol. The van der Waals surface area contributed by atoms with Crippen LogP contribution < -0.4 is 5.32 Å². The third kappa shape index (κ3) is 1.93. The Morgan fingerprint density at radius 3 is 2.88 bits per heavy atom. The standard InChI is InChI=1S/C14H18BrN/c15-13-6-1-3-10-7-8-11(14(10)13)9-16-12-4-2-5-12/h1,3,6,11-12,16H,2,4-5,7-9H2. The van der Waals surface area contributed by atoms with Crippen LogP contribution in [0.1, 0.15) is 42.7 Å². The lowest BCUT2D eigenvalue weighted by Crippen LogP contribution is -2.37. The van der Waals surface area contributed by atoms with E-state index in [0.717, 1.165) is 12.0 Å². The van der Waals surface area contributed by atoms with Gasteiger partial charge in [-0.15, -0.1) is 0 Å². The smallest absolute Gasteiger partial charge is 0.0213 e. The molecule has 2 aliphatic carbocycles. The summed E-state index contributed by atoms with van der Waals surface area (Å²) < 4.78 is 1.31. The molecule has 0 amide bonds. The summed E-state index contributed by atoms with van der Waals surface area (Å²) in [5.74, 6) is 0.728. The van der Waals surface area contributed by atoms with E-state index in [0.29, 0.717) is 0 Å². The average Bonchev–Trinajstić information content (AvgIpc) is 2.61. The largest absolute Gasteiger partial charge is 0.313 e.